The minimum absolute atomic E-state index is 0.259. The molecule has 0 bridgehead atoms. The molecule has 26 heavy (non-hydrogen) atoms. The third kappa shape index (κ3) is 2.81. The zero-order chi connectivity index (χ0) is 18.1. The molecule has 0 amide bonds. The molecule has 0 saturated carbocycles. The fraction of sp³-hybridized carbons (Fsp3) is 0.111. The van der Waals surface area contributed by atoms with E-state index >= 15 is 0 Å². The van der Waals surface area contributed by atoms with Crippen LogP contribution in [0.25, 0.3) is 11.3 Å². The molecule has 0 aliphatic rings. The molecule has 7 nitrogen and oxygen atoms in total. The lowest BCUT2D eigenvalue weighted by atomic mass is 10.1. The first-order valence-electron chi connectivity index (χ1n) is 7.92. The second-order valence-corrected chi connectivity index (χ2v) is 5.68. The highest BCUT2D eigenvalue weighted by molar-refractivity contribution is 5.89. The van der Waals surface area contributed by atoms with Gasteiger partial charge in [-0.25, -0.2) is 13.9 Å². The Labute approximate surface area is 147 Å². The van der Waals surface area contributed by atoms with Crippen LogP contribution in [0.15, 0.2) is 61.3 Å². The van der Waals surface area contributed by atoms with Crippen LogP contribution in [-0.2, 0) is 4.74 Å². The quantitative estimate of drug-likeness (QED) is 0.529. The molecule has 130 valence electrons. The number of benzene rings is 1. The molecular weight excluding hydrogens is 337 g/mol. The molecule has 0 saturated heterocycles. The van der Waals surface area contributed by atoms with Crippen LogP contribution in [0.5, 0.6) is 0 Å². The van der Waals surface area contributed by atoms with Gasteiger partial charge < -0.3 is 4.74 Å². The highest BCUT2D eigenvalue weighted by Gasteiger charge is 2.21. The highest BCUT2D eigenvalue weighted by Crippen LogP contribution is 2.27. The molecular formula is C18H14FN5O2. The second-order valence-electron chi connectivity index (χ2n) is 5.68. The number of pyridine rings is 1. The van der Waals surface area contributed by atoms with Crippen molar-refractivity contribution < 1.29 is 13.9 Å². The number of carbonyl (C=O) groups is 1. The molecule has 0 spiro atoms. The monoisotopic (exact) mass is 351 g/mol. The summed E-state index contributed by atoms with van der Waals surface area (Å²) in [5.41, 5.74) is 1.71. The van der Waals surface area contributed by atoms with Gasteiger partial charge in [0.05, 0.1) is 16.8 Å². The topological polar surface area (TPSA) is 74.3 Å². The van der Waals surface area contributed by atoms with E-state index in [2.05, 4.69) is 15.3 Å². The summed E-state index contributed by atoms with van der Waals surface area (Å²) in [6.45, 7) is 1.63. The standard InChI is InChI=1S/C18H14FN5O2/c1-12(17-14(19)4-2-5-15(17)24-9-3-8-21-24)26-18(25)13-6-7-16-22-20-11-23(16)10-13/h2-12H,1H3. The first kappa shape index (κ1) is 15.9. The van der Waals surface area contributed by atoms with E-state index in [1.807, 2.05) is 0 Å². The Hall–Kier alpha value is -3.55. The zero-order valence-corrected chi connectivity index (χ0v) is 13.8. The third-order valence-electron chi connectivity index (χ3n) is 4.00. The van der Waals surface area contributed by atoms with Crippen LogP contribution in [0.2, 0.25) is 0 Å². The van der Waals surface area contributed by atoms with Gasteiger partial charge in [0.15, 0.2) is 5.65 Å². The van der Waals surface area contributed by atoms with Crippen molar-refractivity contribution >= 4 is 11.6 Å². The molecule has 1 unspecified atom stereocenters. The van der Waals surface area contributed by atoms with Crippen LogP contribution in [0.1, 0.15) is 28.9 Å². The van der Waals surface area contributed by atoms with Crippen molar-refractivity contribution in [2.45, 2.75) is 13.0 Å². The Balaban J connectivity index is 1.64. The molecule has 0 fully saturated rings. The first-order chi connectivity index (χ1) is 12.6. The maximum Gasteiger partial charge on any atom is 0.340 e. The average Bonchev–Trinajstić information content (AvgIpc) is 3.32. The van der Waals surface area contributed by atoms with Crippen molar-refractivity contribution in [1.82, 2.24) is 24.4 Å². The van der Waals surface area contributed by atoms with Gasteiger partial charge in [0.25, 0.3) is 0 Å². The van der Waals surface area contributed by atoms with Crippen LogP contribution in [-0.4, -0.2) is 30.3 Å². The predicted octanol–water partition coefficient (Wildman–Crippen LogP) is 2.97. The molecule has 1 aromatic carbocycles. The van der Waals surface area contributed by atoms with Crippen LogP contribution < -0.4 is 0 Å². The Morgan fingerprint density at radius 1 is 1.23 bits per heavy atom. The van der Waals surface area contributed by atoms with E-state index in [9.17, 15) is 9.18 Å². The van der Waals surface area contributed by atoms with Crippen molar-refractivity contribution in [3.8, 4) is 5.69 Å². The van der Waals surface area contributed by atoms with Crippen molar-refractivity contribution in [2.24, 2.45) is 0 Å². The minimum Gasteiger partial charge on any atom is -0.454 e. The predicted molar refractivity (Wildman–Crippen MR) is 90.3 cm³/mol. The molecule has 0 N–H and O–H groups in total. The van der Waals surface area contributed by atoms with Gasteiger partial charge in [0.1, 0.15) is 18.2 Å². The summed E-state index contributed by atoms with van der Waals surface area (Å²) >= 11 is 0. The Morgan fingerprint density at radius 2 is 2.12 bits per heavy atom. The molecule has 0 aliphatic heterocycles. The molecule has 8 heteroatoms. The van der Waals surface area contributed by atoms with E-state index in [-0.39, 0.29) is 5.56 Å². The zero-order valence-electron chi connectivity index (χ0n) is 13.8. The summed E-state index contributed by atoms with van der Waals surface area (Å²) in [7, 11) is 0. The molecule has 0 radical (unpaired) electrons. The van der Waals surface area contributed by atoms with E-state index in [0.717, 1.165) is 0 Å². The first-order valence-corrected chi connectivity index (χ1v) is 7.92. The Kier molecular flexibility index (Phi) is 3.92. The summed E-state index contributed by atoms with van der Waals surface area (Å²) in [5.74, 6) is -1.03. The third-order valence-corrected chi connectivity index (χ3v) is 4.00. The average molecular weight is 351 g/mol. The van der Waals surface area contributed by atoms with Crippen LogP contribution in [0.4, 0.5) is 4.39 Å². The number of aromatic nitrogens is 5. The van der Waals surface area contributed by atoms with Gasteiger partial charge in [-0.15, -0.1) is 10.2 Å². The fourth-order valence-electron chi connectivity index (χ4n) is 2.77. The Morgan fingerprint density at radius 3 is 2.92 bits per heavy atom. The molecule has 3 aromatic heterocycles. The summed E-state index contributed by atoms with van der Waals surface area (Å²) in [5, 5.41) is 11.8. The summed E-state index contributed by atoms with van der Waals surface area (Å²) in [6, 6.07) is 9.63. The van der Waals surface area contributed by atoms with E-state index in [4.69, 9.17) is 4.74 Å². The van der Waals surface area contributed by atoms with Crippen molar-refractivity contribution in [1.29, 1.82) is 0 Å². The smallest absolute Gasteiger partial charge is 0.340 e. The van der Waals surface area contributed by atoms with Crippen LogP contribution in [0, 0.1) is 5.82 Å². The number of ether oxygens (including phenoxy) is 1. The van der Waals surface area contributed by atoms with Crippen molar-refractivity contribution in [3.05, 3.63) is 78.3 Å². The van der Waals surface area contributed by atoms with Gasteiger partial charge in [-0.3, -0.25) is 4.40 Å². The lowest BCUT2D eigenvalue weighted by Gasteiger charge is -2.18. The SMILES string of the molecule is CC(OC(=O)c1ccc2nncn2c1)c1c(F)cccc1-n1cccn1. The van der Waals surface area contributed by atoms with Crippen molar-refractivity contribution in [3.63, 3.8) is 0 Å². The summed E-state index contributed by atoms with van der Waals surface area (Å²) in [6.07, 6.45) is 5.55. The molecule has 0 aliphatic carbocycles. The minimum atomic E-state index is -0.806. The number of hydrogen-bond acceptors (Lipinski definition) is 5. The molecule has 3 heterocycles. The number of carbonyl (C=O) groups excluding carboxylic acids is 1. The van der Waals surface area contributed by atoms with Crippen LogP contribution >= 0.6 is 0 Å². The number of halogens is 1. The van der Waals surface area contributed by atoms with Gasteiger partial charge in [0, 0.05) is 18.6 Å². The van der Waals surface area contributed by atoms with E-state index in [0.29, 0.717) is 16.9 Å². The fourth-order valence-corrected chi connectivity index (χ4v) is 2.77. The lowest BCUT2D eigenvalue weighted by Crippen LogP contribution is -2.14. The van der Waals surface area contributed by atoms with Gasteiger partial charge >= 0.3 is 5.97 Å². The van der Waals surface area contributed by atoms with Gasteiger partial charge in [-0.1, -0.05) is 6.07 Å². The largest absolute Gasteiger partial charge is 0.454 e. The van der Waals surface area contributed by atoms with E-state index in [1.165, 1.54) is 17.1 Å². The highest BCUT2D eigenvalue weighted by atomic mass is 19.1. The summed E-state index contributed by atoms with van der Waals surface area (Å²) < 4.78 is 23.1. The number of hydrogen-bond donors (Lipinski definition) is 0. The second kappa shape index (κ2) is 6.40. The van der Waals surface area contributed by atoms with E-state index in [1.54, 1.807) is 60.2 Å². The normalized spacial score (nSPS) is 12.2. The molecule has 1 atom stereocenters. The number of nitrogens with zero attached hydrogens (tertiary/aromatic N) is 5. The number of esters is 1. The summed E-state index contributed by atoms with van der Waals surface area (Å²) in [4.78, 5) is 12.5. The van der Waals surface area contributed by atoms with Crippen molar-refractivity contribution in [2.75, 3.05) is 0 Å². The number of rotatable bonds is 4. The lowest BCUT2D eigenvalue weighted by molar-refractivity contribution is 0.0330. The molecule has 4 aromatic rings. The Bertz CT molecular complexity index is 1070. The van der Waals surface area contributed by atoms with Gasteiger partial charge in [-0.2, -0.15) is 5.10 Å². The van der Waals surface area contributed by atoms with Gasteiger partial charge in [-0.05, 0) is 37.3 Å². The molecule has 4 rings (SSSR count). The van der Waals surface area contributed by atoms with Crippen LogP contribution in [0.3, 0.4) is 0 Å². The van der Waals surface area contributed by atoms with E-state index < -0.39 is 17.9 Å². The van der Waals surface area contributed by atoms with Gasteiger partial charge in [0.2, 0.25) is 0 Å². The maximum atomic E-state index is 14.5. The maximum absolute atomic E-state index is 14.5. The number of fused-ring (bicyclic) bond motifs is 1.